The third-order valence-corrected chi connectivity index (χ3v) is 4.35. The molecule has 2 aliphatic rings. The lowest BCUT2D eigenvalue weighted by molar-refractivity contribution is -0.138. The van der Waals surface area contributed by atoms with Crippen molar-refractivity contribution in [3.8, 4) is 11.5 Å². The molecule has 0 spiro atoms. The SMILES string of the molecule is COc1ccc(C2=CC(C)(C(N)=O)ON2)cc1OC1CCCC1. The maximum absolute atomic E-state index is 11.5. The van der Waals surface area contributed by atoms with Crippen LogP contribution >= 0.6 is 0 Å². The third kappa shape index (κ3) is 3.12. The lowest BCUT2D eigenvalue weighted by atomic mass is 10.0. The summed E-state index contributed by atoms with van der Waals surface area (Å²) in [6.45, 7) is 1.62. The van der Waals surface area contributed by atoms with Gasteiger partial charge < -0.3 is 15.2 Å². The highest BCUT2D eigenvalue weighted by molar-refractivity contribution is 5.89. The summed E-state index contributed by atoms with van der Waals surface area (Å²) in [7, 11) is 1.62. The summed E-state index contributed by atoms with van der Waals surface area (Å²) in [6.07, 6.45) is 6.44. The van der Waals surface area contributed by atoms with Gasteiger partial charge in [0.1, 0.15) is 0 Å². The number of hydroxylamine groups is 1. The Morgan fingerprint density at radius 3 is 2.70 bits per heavy atom. The minimum Gasteiger partial charge on any atom is -0.493 e. The van der Waals surface area contributed by atoms with Gasteiger partial charge >= 0.3 is 0 Å². The molecule has 1 amide bonds. The number of primary amides is 1. The number of methoxy groups -OCH3 is 1. The molecule has 1 aromatic carbocycles. The van der Waals surface area contributed by atoms with E-state index < -0.39 is 11.5 Å². The number of hydrogen-bond acceptors (Lipinski definition) is 5. The molecule has 1 heterocycles. The quantitative estimate of drug-likeness (QED) is 0.869. The second-order valence-corrected chi connectivity index (χ2v) is 6.12. The van der Waals surface area contributed by atoms with Gasteiger partial charge in [-0.25, -0.2) is 0 Å². The predicted octanol–water partition coefficient (Wildman–Crippen LogP) is 2.14. The summed E-state index contributed by atoms with van der Waals surface area (Å²) in [6, 6.07) is 5.63. The molecule has 6 nitrogen and oxygen atoms in total. The molecule has 0 bridgehead atoms. The molecule has 124 valence electrons. The maximum atomic E-state index is 11.5. The Hall–Kier alpha value is -2.21. The maximum Gasteiger partial charge on any atom is 0.256 e. The summed E-state index contributed by atoms with van der Waals surface area (Å²) in [5.41, 5.74) is 8.52. The molecular formula is C17H22N2O4. The molecular weight excluding hydrogens is 296 g/mol. The van der Waals surface area contributed by atoms with Crippen LogP contribution in [-0.2, 0) is 9.63 Å². The van der Waals surface area contributed by atoms with E-state index in [1.165, 1.54) is 12.8 Å². The van der Waals surface area contributed by atoms with Gasteiger partial charge in [0.25, 0.3) is 5.91 Å². The van der Waals surface area contributed by atoms with E-state index in [0.29, 0.717) is 17.2 Å². The van der Waals surface area contributed by atoms with Crippen LogP contribution in [0.25, 0.3) is 5.70 Å². The second-order valence-electron chi connectivity index (χ2n) is 6.12. The zero-order valence-corrected chi connectivity index (χ0v) is 13.4. The zero-order valence-electron chi connectivity index (χ0n) is 13.4. The summed E-state index contributed by atoms with van der Waals surface area (Å²) in [5.74, 6) is 0.848. The van der Waals surface area contributed by atoms with Gasteiger partial charge in [0.15, 0.2) is 17.1 Å². The first kappa shape index (κ1) is 15.7. The number of benzene rings is 1. The summed E-state index contributed by atoms with van der Waals surface area (Å²) in [5, 5.41) is 0. The lowest BCUT2D eigenvalue weighted by Crippen LogP contribution is -2.41. The average molecular weight is 318 g/mol. The van der Waals surface area contributed by atoms with Crippen LogP contribution in [0.5, 0.6) is 11.5 Å². The minimum atomic E-state index is -1.15. The molecule has 0 saturated heterocycles. The molecule has 1 aliphatic heterocycles. The Morgan fingerprint density at radius 2 is 2.09 bits per heavy atom. The van der Waals surface area contributed by atoms with E-state index in [-0.39, 0.29) is 6.10 Å². The van der Waals surface area contributed by atoms with Gasteiger partial charge in [-0.3, -0.25) is 15.1 Å². The number of carbonyl (C=O) groups excluding carboxylic acids is 1. The number of carbonyl (C=O) groups is 1. The Balaban J connectivity index is 1.87. The number of nitrogens with one attached hydrogen (secondary N) is 1. The number of ether oxygens (including phenoxy) is 2. The number of rotatable bonds is 5. The van der Waals surface area contributed by atoms with Crippen molar-refractivity contribution in [2.75, 3.05) is 7.11 Å². The largest absolute Gasteiger partial charge is 0.493 e. The molecule has 6 heteroatoms. The Labute approximate surface area is 135 Å². The van der Waals surface area contributed by atoms with Gasteiger partial charge in [-0.2, -0.15) is 0 Å². The fourth-order valence-electron chi connectivity index (χ4n) is 2.88. The first-order chi connectivity index (χ1) is 11.0. The molecule has 3 rings (SSSR count). The fraction of sp³-hybridized carbons (Fsp3) is 0.471. The molecule has 1 fully saturated rings. The monoisotopic (exact) mass is 318 g/mol. The van der Waals surface area contributed by atoms with Gasteiger partial charge in [0.05, 0.1) is 18.9 Å². The van der Waals surface area contributed by atoms with Crippen molar-refractivity contribution >= 4 is 11.6 Å². The number of nitrogens with two attached hydrogens (primary N) is 1. The first-order valence-electron chi connectivity index (χ1n) is 7.84. The normalized spacial score (nSPS) is 24.2. The topological polar surface area (TPSA) is 82.8 Å². The summed E-state index contributed by atoms with van der Waals surface area (Å²) < 4.78 is 11.5. The van der Waals surface area contributed by atoms with Crippen LogP contribution < -0.4 is 20.7 Å². The van der Waals surface area contributed by atoms with Gasteiger partial charge in [0.2, 0.25) is 0 Å². The molecule has 1 aromatic rings. The Bertz CT molecular complexity index is 637. The zero-order chi connectivity index (χ0) is 16.4. The third-order valence-electron chi connectivity index (χ3n) is 4.35. The van der Waals surface area contributed by atoms with E-state index in [9.17, 15) is 4.79 Å². The minimum absolute atomic E-state index is 0.233. The number of hydrogen-bond donors (Lipinski definition) is 2. The molecule has 1 atom stereocenters. The standard InChI is InChI=1S/C17H22N2O4/c1-17(16(18)20)10-13(19-23-17)11-7-8-14(21-2)15(9-11)22-12-5-3-4-6-12/h7-10,12,19H,3-6H2,1-2H3,(H2,18,20). The van der Waals surface area contributed by atoms with Crippen molar-refractivity contribution < 1.29 is 19.1 Å². The smallest absolute Gasteiger partial charge is 0.256 e. The van der Waals surface area contributed by atoms with Crippen molar-refractivity contribution in [3.05, 3.63) is 29.8 Å². The molecule has 3 N–H and O–H groups in total. The van der Waals surface area contributed by atoms with Crippen molar-refractivity contribution in [1.82, 2.24) is 5.48 Å². The van der Waals surface area contributed by atoms with Crippen LogP contribution in [0, 0.1) is 0 Å². The van der Waals surface area contributed by atoms with E-state index in [1.54, 1.807) is 20.1 Å². The van der Waals surface area contributed by atoms with Crippen molar-refractivity contribution in [2.45, 2.75) is 44.3 Å². The average Bonchev–Trinajstić information content (AvgIpc) is 3.18. The predicted molar refractivity (Wildman–Crippen MR) is 85.7 cm³/mol. The van der Waals surface area contributed by atoms with E-state index in [0.717, 1.165) is 18.4 Å². The molecule has 0 radical (unpaired) electrons. The highest BCUT2D eigenvalue weighted by Gasteiger charge is 2.36. The molecule has 23 heavy (non-hydrogen) atoms. The molecule has 1 unspecified atom stereocenters. The summed E-state index contributed by atoms with van der Waals surface area (Å²) >= 11 is 0. The van der Waals surface area contributed by atoms with Crippen LogP contribution in [0.3, 0.4) is 0 Å². The summed E-state index contributed by atoms with van der Waals surface area (Å²) in [4.78, 5) is 16.8. The molecule has 1 saturated carbocycles. The van der Waals surface area contributed by atoms with E-state index in [4.69, 9.17) is 20.0 Å². The highest BCUT2D eigenvalue weighted by atomic mass is 16.7. The van der Waals surface area contributed by atoms with Gasteiger partial charge in [-0.15, -0.1) is 0 Å². The van der Waals surface area contributed by atoms with Crippen molar-refractivity contribution in [1.29, 1.82) is 0 Å². The molecule has 0 aromatic heterocycles. The lowest BCUT2D eigenvalue weighted by Gasteiger charge is -2.17. The Kier molecular flexibility index (Phi) is 4.17. The fourth-order valence-corrected chi connectivity index (χ4v) is 2.88. The van der Waals surface area contributed by atoms with Crippen LogP contribution in [0.4, 0.5) is 0 Å². The van der Waals surface area contributed by atoms with E-state index >= 15 is 0 Å². The first-order valence-corrected chi connectivity index (χ1v) is 7.84. The van der Waals surface area contributed by atoms with Crippen LogP contribution in [0.1, 0.15) is 38.2 Å². The van der Waals surface area contributed by atoms with E-state index in [2.05, 4.69) is 5.48 Å². The van der Waals surface area contributed by atoms with Crippen molar-refractivity contribution in [3.63, 3.8) is 0 Å². The number of amides is 1. The van der Waals surface area contributed by atoms with Crippen LogP contribution in [0.2, 0.25) is 0 Å². The van der Waals surface area contributed by atoms with Gasteiger partial charge in [-0.05, 0) is 56.9 Å². The Morgan fingerprint density at radius 1 is 1.35 bits per heavy atom. The van der Waals surface area contributed by atoms with Crippen LogP contribution in [-0.4, -0.2) is 24.7 Å². The molecule has 1 aliphatic carbocycles. The van der Waals surface area contributed by atoms with Crippen molar-refractivity contribution in [2.24, 2.45) is 5.73 Å². The van der Waals surface area contributed by atoms with Gasteiger partial charge in [0, 0.05) is 5.56 Å². The highest BCUT2D eigenvalue weighted by Crippen LogP contribution is 2.35. The van der Waals surface area contributed by atoms with Crippen LogP contribution in [0.15, 0.2) is 24.3 Å². The second kappa shape index (κ2) is 6.12. The van der Waals surface area contributed by atoms with Gasteiger partial charge in [-0.1, -0.05) is 0 Å². The van der Waals surface area contributed by atoms with E-state index in [1.807, 2.05) is 18.2 Å².